The smallest absolute Gasteiger partial charge is 0.335 e. The average molecular weight is 199 g/mol. The van der Waals surface area contributed by atoms with Crippen LogP contribution in [0, 0.1) is 0 Å². The molecule has 14 heavy (non-hydrogen) atoms. The summed E-state index contributed by atoms with van der Waals surface area (Å²) in [6, 6.07) is 0. The second-order valence-electron chi connectivity index (χ2n) is 3.17. The molecule has 0 radical (unpaired) electrons. The molecule has 0 saturated carbocycles. The van der Waals surface area contributed by atoms with Gasteiger partial charge < -0.3 is 9.64 Å². The molecule has 0 saturated heterocycles. The highest BCUT2D eigenvalue weighted by Crippen LogP contribution is 2.00. The minimum Gasteiger partial charge on any atom is -0.462 e. The van der Waals surface area contributed by atoms with Gasteiger partial charge in [0.2, 0.25) is 0 Å². The van der Waals surface area contributed by atoms with Gasteiger partial charge in [-0.2, -0.15) is 0 Å². The molecule has 0 N–H and O–H groups in total. The number of carbonyl (C=O) groups is 1. The molecule has 0 spiro atoms. The molecule has 0 bridgehead atoms. The summed E-state index contributed by atoms with van der Waals surface area (Å²) in [5.74, 6) is -0.209. The Balaban J connectivity index is 4.13. The normalized spacial score (nSPS) is 11.3. The van der Waals surface area contributed by atoms with Gasteiger partial charge in [0.25, 0.3) is 0 Å². The van der Waals surface area contributed by atoms with Crippen molar-refractivity contribution >= 4 is 5.97 Å². The van der Waals surface area contributed by atoms with E-state index in [2.05, 4.69) is 18.7 Å². The third-order valence-corrected chi connectivity index (χ3v) is 1.95. The summed E-state index contributed by atoms with van der Waals surface area (Å²) in [5.41, 5.74) is 0.669. The third kappa shape index (κ3) is 4.90. The molecule has 0 heterocycles. The van der Waals surface area contributed by atoms with E-state index in [0.717, 1.165) is 19.5 Å². The second-order valence-corrected chi connectivity index (χ2v) is 3.17. The standard InChI is InChI=1S/C11H21NO2/c1-5-8-14-11(13)10(4)9-12(6-2)7-3/h9H,5-8H2,1-4H3. The molecule has 0 atom stereocenters. The van der Waals surface area contributed by atoms with Crippen LogP contribution < -0.4 is 0 Å². The molecule has 0 fully saturated rings. The Morgan fingerprint density at radius 3 is 2.29 bits per heavy atom. The molecule has 0 rings (SSSR count). The van der Waals surface area contributed by atoms with E-state index >= 15 is 0 Å². The minimum absolute atomic E-state index is 0.209. The van der Waals surface area contributed by atoms with Crippen molar-refractivity contribution in [2.45, 2.75) is 34.1 Å². The van der Waals surface area contributed by atoms with Crippen LogP contribution in [0.15, 0.2) is 11.8 Å². The van der Waals surface area contributed by atoms with Crippen molar-refractivity contribution in [2.24, 2.45) is 0 Å². The highest BCUT2D eigenvalue weighted by atomic mass is 16.5. The Morgan fingerprint density at radius 2 is 1.86 bits per heavy atom. The Kier molecular flexibility index (Phi) is 6.89. The first-order chi connectivity index (χ1) is 6.65. The van der Waals surface area contributed by atoms with E-state index in [4.69, 9.17) is 4.74 Å². The summed E-state index contributed by atoms with van der Waals surface area (Å²) < 4.78 is 5.01. The summed E-state index contributed by atoms with van der Waals surface area (Å²) in [4.78, 5) is 13.4. The van der Waals surface area contributed by atoms with Crippen molar-refractivity contribution in [3.05, 3.63) is 11.8 Å². The highest BCUT2D eigenvalue weighted by molar-refractivity contribution is 5.87. The highest BCUT2D eigenvalue weighted by Gasteiger charge is 2.05. The van der Waals surface area contributed by atoms with Gasteiger partial charge in [-0.1, -0.05) is 6.92 Å². The Hall–Kier alpha value is -0.990. The van der Waals surface area contributed by atoms with E-state index in [1.807, 2.05) is 13.1 Å². The number of rotatable bonds is 6. The van der Waals surface area contributed by atoms with E-state index in [0.29, 0.717) is 12.2 Å². The van der Waals surface area contributed by atoms with E-state index in [1.54, 1.807) is 6.92 Å². The lowest BCUT2D eigenvalue weighted by molar-refractivity contribution is -0.139. The second kappa shape index (κ2) is 7.42. The maximum Gasteiger partial charge on any atom is 0.335 e. The SMILES string of the molecule is CCCOC(=O)C(C)=CN(CC)CC. The molecular weight excluding hydrogens is 178 g/mol. The molecule has 3 nitrogen and oxygen atoms in total. The quantitative estimate of drug-likeness (QED) is 0.485. The van der Waals surface area contributed by atoms with Crippen LogP contribution in [0.2, 0.25) is 0 Å². The lowest BCUT2D eigenvalue weighted by atomic mass is 10.3. The zero-order valence-corrected chi connectivity index (χ0v) is 9.67. The van der Waals surface area contributed by atoms with Crippen molar-refractivity contribution in [3.63, 3.8) is 0 Å². The van der Waals surface area contributed by atoms with Gasteiger partial charge in [0, 0.05) is 24.9 Å². The largest absolute Gasteiger partial charge is 0.462 e. The fraction of sp³-hybridized carbons (Fsp3) is 0.727. The number of hydrogen-bond donors (Lipinski definition) is 0. The number of hydrogen-bond acceptors (Lipinski definition) is 3. The minimum atomic E-state index is -0.209. The molecule has 0 unspecified atom stereocenters. The summed E-state index contributed by atoms with van der Waals surface area (Å²) in [6.45, 7) is 10.2. The fourth-order valence-electron chi connectivity index (χ4n) is 1.04. The predicted octanol–water partition coefficient (Wildman–Crippen LogP) is 2.19. The molecule has 3 heteroatoms. The number of esters is 1. The van der Waals surface area contributed by atoms with Crippen LogP contribution in [-0.4, -0.2) is 30.6 Å². The van der Waals surface area contributed by atoms with E-state index < -0.39 is 0 Å². The summed E-state index contributed by atoms with van der Waals surface area (Å²) >= 11 is 0. The van der Waals surface area contributed by atoms with Gasteiger partial charge in [0.15, 0.2) is 0 Å². The zero-order chi connectivity index (χ0) is 11.0. The number of ether oxygens (including phenoxy) is 1. The van der Waals surface area contributed by atoms with Crippen LogP contribution in [0.5, 0.6) is 0 Å². The van der Waals surface area contributed by atoms with Gasteiger partial charge in [-0.25, -0.2) is 4.79 Å². The molecule has 0 aromatic rings. The summed E-state index contributed by atoms with van der Waals surface area (Å²) in [5, 5.41) is 0. The Labute approximate surface area is 86.7 Å². The maximum atomic E-state index is 11.4. The Bertz CT molecular complexity index is 195. The lowest BCUT2D eigenvalue weighted by Crippen LogP contribution is -2.18. The number of carbonyl (C=O) groups excluding carboxylic acids is 1. The first kappa shape index (κ1) is 13.0. The topological polar surface area (TPSA) is 29.5 Å². The summed E-state index contributed by atoms with van der Waals surface area (Å²) in [7, 11) is 0. The predicted molar refractivity (Wildman–Crippen MR) is 57.9 cm³/mol. The van der Waals surface area contributed by atoms with E-state index in [1.165, 1.54) is 0 Å². The average Bonchev–Trinajstić information content (AvgIpc) is 2.21. The molecule has 0 aromatic carbocycles. The molecule has 0 aliphatic heterocycles. The van der Waals surface area contributed by atoms with Gasteiger partial charge in [0.05, 0.1) is 6.61 Å². The summed E-state index contributed by atoms with van der Waals surface area (Å²) in [6.07, 6.45) is 2.72. The molecule has 0 aliphatic carbocycles. The van der Waals surface area contributed by atoms with Gasteiger partial charge in [0.1, 0.15) is 0 Å². The van der Waals surface area contributed by atoms with Crippen LogP contribution in [0.25, 0.3) is 0 Å². The lowest BCUT2D eigenvalue weighted by Gasteiger charge is -2.16. The first-order valence-corrected chi connectivity index (χ1v) is 5.25. The van der Waals surface area contributed by atoms with Crippen molar-refractivity contribution in [3.8, 4) is 0 Å². The fourth-order valence-corrected chi connectivity index (χ4v) is 1.04. The Morgan fingerprint density at radius 1 is 1.29 bits per heavy atom. The molecular formula is C11H21NO2. The van der Waals surface area contributed by atoms with Crippen LogP contribution in [-0.2, 0) is 9.53 Å². The van der Waals surface area contributed by atoms with E-state index in [-0.39, 0.29) is 5.97 Å². The van der Waals surface area contributed by atoms with Crippen molar-refractivity contribution < 1.29 is 9.53 Å². The van der Waals surface area contributed by atoms with Gasteiger partial charge in [-0.3, -0.25) is 0 Å². The first-order valence-electron chi connectivity index (χ1n) is 5.25. The van der Waals surface area contributed by atoms with Crippen LogP contribution >= 0.6 is 0 Å². The zero-order valence-electron chi connectivity index (χ0n) is 9.67. The van der Waals surface area contributed by atoms with Crippen LogP contribution in [0.4, 0.5) is 0 Å². The number of nitrogens with zero attached hydrogens (tertiary/aromatic N) is 1. The van der Waals surface area contributed by atoms with Crippen molar-refractivity contribution in [2.75, 3.05) is 19.7 Å². The van der Waals surface area contributed by atoms with Gasteiger partial charge >= 0.3 is 5.97 Å². The molecule has 82 valence electrons. The van der Waals surface area contributed by atoms with Gasteiger partial charge in [-0.05, 0) is 27.2 Å². The van der Waals surface area contributed by atoms with E-state index in [9.17, 15) is 4.79 Å². The molecule has 0 amide bonds. The third-order valence-electron chi connectivity index (χ3n) is 1.95. The van der Waals surface area contributed by atoms with Crippen molar-refractivity contribution in [1.82, 2.24) is 4.90 Å². The van der Waals surface area contributed by atoms with Crippen molar-refractivity contribution in [1.29, 1.82) is 0 Å². The van der Waals surface area contributed by atoms with Crippen LogP contribution in [0.1, 0.15) is 34.1 Å². The molecule has 0 aromatic heterocycles. The monoisotopic (exact) mass is 199 g/mol. The molecule has 0 aliphatic rings. The van der Waals surface area contributed by atoms with Crippen LogP contribution in [0.3, 0.4) is 0 Å². The van der Waals surface area contributed by atoms with Gasteiger partial charge in [-0.15, -0.1) is 0 Å². The maximum absolute atomic E-state index is 11.4.